The Morgan fingerprint density at radius 3 is 1.48 bits per heavy atom. The molecule has 0 heterocycles. The smallest absolute Gasteiger partial charge is 0.143 e. The van der Waals surface area contributed by atoms with Gasteiger partial charge < -0.3 is 14.9 Å². The average Bonchev–Trinajstić information content (AvgIpc) is 2.88. The van der Waals surface area contributed by atoms with Gasteiger partial charge in [-0.15, -0.1) is 0 Å². The van der Waals surface area contributed by atoms with Crippen LogP contribution in [0.15, 0.2) is 91.0 Å². The highest BCUT2D eigenvalue weighted by atomic mass is 16.5. The lowest BCUT2D eigenvalue weighted by Gasteiger charge is -2.37. The van der Waals surface area contributed by atoms with Crippen LogP contribution in [0.1, 0.15) is 68.6 Å². The molecule has 176 valence electrons. The van der Waals surface area contributed by atoms with Gasteiger partial charge in [0.2, 0.25) is 0 Å². The minimum Gasteiger partial charge on any atom is -0.390 e. The number of ether oxygens (including phenoxy) is 1. The number of aliphatic hydroxyl groups excluding tert-OH is 2. The van der Waals surface area contributed by atoms with Crippen LogP contribution in [0.3, 0.4) is 0 Å². The summed E-state index contributed by atoms with van der Waals surface area (Å²) in [7, 11) is 0. The van der Waals surface area contributed by atoms with Crippen molar-refractivity contribution in [3.05, 3.63) is 108 Å². The minimum atomic E-state index is -0.948. The molecule has 3 rings (SSSR count). The van der Waals surface area contributed by atoms with Crippen LogP contribution in [0.25, 0.3) is 0 Å². The first-order chi connectivity index (χ1) is 16.2. The van der Waals surface area contributed by atoms with E-state index in [0.29, 0.717) is 6.42 Å². The Labute approximate surface area is 199 Å². The third-order valence-electron chi connectivity index (χ3n) is 6.31. The van der Waals surface area contributed by atoms with Crippen molar-refractivity contribution < 1.29 is 14.9 Å². The van der Waals surface area contributed by atoms with E-state index in [9.17, 15) is 10.2 Å². The molecule has 3 heteroatoms. The van der Waals surface area contributed by atoms with E-state index in [1.807, 2.05) is 54.6 Å². The van der Waals surface area contributed by atoms with Crippen LogP contribution in [0.5, 0.6) is 0 Å². The number of hydrogen-bond donors (Lipinski definition) is 2. The van der Waals surface area contributed by atoms with Crippen molar-refractivity contribution in [1.29, 1.82) is 0 Å². The molecule has 2 N–H and O–H groups in total. The molecule has 0 aliphatic rings. The van der Waals surface area contributed by atoms with Crippen molar-refractivity contribution in [3.8, 4) is 0 Å². The van der Waals surface area contributed by atoms with E-state index in [2.05, 4.69) is 43.3 Å². The first-order valence-corrected chi connectivity index (χ1v) is 12.3. The molecule has 0 saturated heterocycles. The highest BCUT2D eigenvalue weighted by Crippen LogP contribution is 2.40. The van der Waals surface area contributed by atoms with Crippen molar-refractivity contribution in [2.45, 2.75) is 69.7 Å². The largest absolute Gasteiger partial charge is 0.390 e. The summed E-state index contributed by atoms with van der Waals surface area (Å²) in [4.78, 5) is 0. The first-order valence-electron chi connectivity index (χ1n) is 12.3. The van der Waals surface area contributed by atoms with Gasteiger partial charge in [0.05, 0.1) is 12.7 Å². The van der Waals surface area contributed by atoms with Gasteiger partial charge in [-0.2, -0.15) is 0 Å². The summed E-state index contributed by atoms with van der Waals surface area (Å²) in [6.45, 7) is 2.25. The second kappa shape index (κ2) is 13.3. The highest BCUT2D eigenvalue weighted by Gasteiger charge is 2.38. The Kier molecular flexibility index (Phi) is 10.1. The first kappa shape index (κ1) is 25.2. The van der Waals surface area contributed by atoms with Crippen molar-refractivity contribution in [2.24, 2.45) is 0 Å². The third-order valence-corrected chi connectivity index (χ3v) is 6.31. The molecule has 0 aromatic heterocycles. The molecular formula is C30H38O3. The molecule has 0 bridgehead atoms. The average molecular weight is 447 g/mol. The summed E-state index contributed by atoms with van der Waals surface area (Å²) < 4.78 is 6.62. The number of rotatable bonds is 14. The SMILES string of the molecule is CCCCCCCCC(O)[C@H](O)COC(c1ccccc1)(c1ccccc1)c1ccccc1. The Morgan fingerprint density at radius 1 is 0.606 bits per heavy atom. The molecule has 33 heavy (non-hydrogen) atoms. The van der Waals surface area contributed by atoms with Crippen molar-refractivity contribution in [2.75, 3.05) is 6.61 Å². The summed E-state index contributed by atoms with van der Waals surface area (Å²) in [5.74, 6) is 0. The Bertz CT molecular complexity index is 799. The molecule has 3 aromatic rings. The quantitative estimate of drug-likeness (QED) is 0.220. The van der Waals surface area contributed by atoms with E-state index in [4.69, 9.17) is 4.74 Å². The molecule has 0 spiro atoms. The predicted molar refractivity (Wildman–Crippen MR) is 135 cm³/mol. The maximum absolute atomic E-state index is 10.8. The van der Waals surface area contributed by atoms with Gasteiger partial charge in [-0.1, -0.05) is 136 Å². The molecule has 0 amide bonds. The molecule has 0 aliphatic heterocycles. The van der Waals surface area contributed by atoms with Crippen LogP contribution in [-0.4, -0.2) is 29.0 Å². The zero-order valence-corrected chi connectivity index (χ0v) is 19.8. The molecule has 3 nitrogen and oxygen atoms in total. The van der Waals surface area contributed by atoms with Crippen LogP contribution in [0.2, 0.25) is 0 Å². The van der Waals surface area contributed by atoms with Crippen molar-refractivity contribution in [1.82, 2.24) is 0 Å². The molecule has 0 fully saturated rings. The lowest BCUT2D eigenvalue weighted by Crippen LogP contribution is -2.39. The fourth-order valence-corrected chi connectivity index (χ4v) is 4.42. The molecule has 3 aromatic carbocycles. The highest BCUT2D eigenvalue weighted by molar-refractivity contribution is 5.47. The van der Waals surface area contributed by atoms with E-state index < -0.39 is 17.8 Å². The summed E-state index contributed by atoms with van der Waals surface area (Å²) >= 11 is 0. The van der Waals surface area contributed by atoms with E-state index in [-0.39, 0.29) is 6.61 Å². The van der Waals surface area contributed by atoms with Gasteiger partial charge in [0.15, 0.2) is 0 Å². The molecule has 0 aliphatic carbocycles. The van der Waals surface area contributed by atoms with Crippen LogP contribution in [-0.2, 0) is 10.3 Å². The van der Waals surface area contributed by atoms with Gasteiger partial charge >= 0.3 is 0 Å². The normalized spacial score (nSPS) is 13.5. The number of benzene rings is 3. The zero-order chi connectivity index (χ0) is 23.4. The van der Waals surface area contributed by atoms with Crippen LogP contribution < -0.4 is 0 Å². The van der Waals surface area contributed by atoms with Crippen LogP contribution in [0.4, 0.5) is 0 Å². The maximum Gasteiger partial charge on any atom is 0.143 e. The summed E-state index contributed by atoms with van der Waals surface area (Å²) in [6, 6.07) is 30.3. The fraction of sp³-hybridized carbons (Fsp3) is 0.400. The Balaban J connectivity index is 1.79. The number of unbranched alkanes of at least 4 members (excludes halogenated alkanes) is 5. The van der Waals surface area contributed by atoms with Crippen LogP contribution >= 0.6 is 0 Å². The Hall–Kier alpha value is -2.46. The van der Waals surface area contributed by atoms with Gasteiger partial charge in [-0.05, 0) is 23.1 Å². The molecular weight excluding hydrogens is 408 g/mol. The van der Waals surface area contributed by atoms with E-state index in [1.54, 1.807) is 0 Å². The van der Waals surface area contributed by atoms with E-state index in [1.165, 1.54) is 25.7 Å². The van der Waals surface area contributed by atoms with Crippen molar-refractivity contribution in [3.63, 3.8) is 0 Å². The van der Waals surface area contributed by atoms with Gasteiger partial charge in [-0.3, -0.25) is 0 Å². The zero-order valence-electron chi connectivity index (χ0n) is 19.8. The van der Waals surface area contributed by atoms with E-state index in [0.717, 1.165) is 29.5 Å². The maximum atomic E-state index is 10.8. The standard InChI is InChI=1S/C30H38O3/c1-2-3-4-5-6-16-23-28(31)29(32)24-33-30(25-17-10-7-11-18-25,26-19-12-8-13-20-26)27-21-14-9-15-22-27/h7-15,17-22,28-29,31-32H,2-6,16,23-24H2,1H3/t28?,29-/m1/s1. The fourth-order valence-electron chi connectivity index (χ4n) is 4.42. The third kappa shape index (κ3) is 6.77. The number of aliphatic hydroxyl groups is 2. The van der Waals surface area contributed by atoms with E-state index >= 15 is 0 Å². The van der Waals surface area contributed by atoms with Gasteiger partial charge in [0.1, 0.15) is 11.7 Å². The summed E-state index contributed by atoms with van der Waals surface area (Å²) in [5.41, 5.74) is 2.07. The Morgan fingerprint density at radius 2 is 1.03 bits per heavy atom. The summed E-state index contributed by atoms with van der Waals surface area (Å²) in [6.07, 6.45) is 5.77. The summed E-state index contributed by atoms with van der Waals surface area (Å²) in [5, 5.41) is 21.4. The van der Waals surface area contributed by atoms with Crippen LogP contribution in [0, 0.1) is 0 Å². The molecule has 1 unspecified atom stereocenters. The lowest BCUT2D eigenvalue weighted by molar-refractivity contribution is -0.0802. The monoisotopic (exact) mass is 446 g/mol. The molecule has 0 saturated carbocycles. The molecule has 0 radical (unpaired) electrons. The lowest BCUT2D eigenvalue weighted by atomic mass is 9.80. The topological polar surface area (TPSA) is 49.7 Å². The molecule has 2 atom stereocenters. The predicted octanol–water partition coefficient (Wildman–Crippen LogP) is 6.47. The second-order valence-electron chi connectivity index (χ2n) is 8.78. The van der Waals surface area contributed by atoms with Gasteiger partial charge in [0.25, 0.3) is 0 Å². The van der Waals surface area contributed by atoms with Gasteiger partial charge in [0, 0.05) is 0 Å². The minimum absolute atomic E-state index is 0.0374. The second-order valence-corrected chi connectivity index (χ2v) is 8.78. The van der Waals surface area contributed by atoms with Crippen molar-refractivity contribution >= 4 is 0 Å². The van der Waals surface area contributed by atoms with Gasteiger partial charge in [-0.25, -0.2) is 0 Å². The number of hydrogen-bond acceptors (Lipinski definition) is 3.